The van der Waals surface area contributed by atoms with Crippen LogP contribution in [0.5, 0.6) is 11.5 Å². The first-order valence-corrected chi connectivity index (χ1v) is 5.37. The first-order valence-electron chi connectivity index (χ1n) is 5.37. The Kier molecular flexibility index (Phi) is 5.29. The van der Waals surface area contributed by atoms with Crippen molar-refractivity contribution < 1.29 is 14.3 Å². The van der Waals surface area contributed by atoms with E-state index in [0.29, 0.717) is 24.3 Å². The van der Waals surface area contributed by atoms with Gasteiger partial charge in [-0.3, -0.25) is 10.2 Å². The zero-order chi connectivity index (χ0) is 12.7. The summed E-state index contributed by atoms with van der Waals surface area (Å²) in [5.74, 6) is 1.33. The van der Waals surface area contributed by atoms with E-state index in [1.807, 2.05) is 18.2 Å². The van der Waals surface area contributed by atoms with E-state index >= 15 is 0 Å². The van der Waals surface area contributed by atoms with Crippen molar-refractivity contribution in [3.05, 3.63) is 23.8 Å². The molecule has 5 heteroatoms. The highest BCUT2D eigenvalue weighted by molar-refractivity contribution is 5.75. The van der Waals surface area contributed by atoms with Crippen molar-refractivity contribution in [3.8, 4) is 11.5 Å². The smallest absolute Gasteiger partial charge is 0.234 e. The van der Waals surface area contributed by atoms with Crippen LogP contribution in [0.2, 0.25) is 0 Å². The molecule has 17 heavy (non-hydrogen) atoms. The molecule has 0 saturated carbocycles. The Morgan fingerprint density at radius 2 is 1.94 bits per heavy atom. The monoisotopic (exact) mass is 238 g/mol. The van der Waals surface area contributed by atoms with Gasteiger partial charge in [0.2, 0.25) is 5.91 Å². The van der Waals surface area contributed by atoms with Crippen molar-refractivity contribution in [1.82, 2.24) is 10.9 Å². The molecule has 0 aromatic heterocycles. The molecule has 2 N–H and O–H groups in total. The van der Waals surface area contributed by atoms with Gasteiger partial charge < -0.3 is 9.47 Å². The number of ether oxygens (including phenoxy) is 2. The molecule has 1 rings (SSSR count). The van der Waals surface area contributed by atoms with E-state index in [4.69, 9.17) is 9.47 Å². The van der Waals surface area contributed by atoms with Gasteiger partial charge in [0.15, 0.2) is 11.5 Å². The summed E-state index contributed by atoms with van der Waals surface area (Å²) in [6, 6.07) is 5.64. The summed E-state index contributed by atoms with van der Waals surface area (Å²) < 4.78 is 10.3. The van der Waals surface area contributed by atoms with E-state index in [1.54, 1.807) is 21.3 Å². The first kappa shape index (κ1) is 13.3. The van der Waals surface area contributed by atoms with Crippen LogP contribution in [0.3, 0.4) is 0 Å². The Balaban J connectivity index is 2.63. The summed E-state index contributed by atoms with van der Waals surface area (Å²) in [5.41, 5.74) is 6.16. The molecule has 0 saturated heterocycles. The predicted octanol–water partition coefficient (Wildman–Crippen LogP) is 0.887. The summed E-state index contributed by atoms with van der Waals surface area (Å²) in [6.07, 6.45) is 1.09. The number of methoxy groups -OCH3 is 2. The average Bonchev–Trinajstić information content (AvgIpc) is 2.36. The van der Waals surface area contributed by atoms with E-state index < -0.39 is 0 Å². The predicted molar refractivity (Wildman–Crippen MR) is 65.1 cm³/mol. The minimum absolute atomic E-state index is 0.0396. The van der Waals surface area contributed by atoms with E-state index in [0.717, 1.165) is 5.56 Å². The second kappa shape index (κ2) is 6.75. The van der Waals surface area contributed by atoms with Crippen LogP contribution in [0.25, 0.3) is 0 Å². The number of benzene rings is 1. The van der Waals surface area contributed by atoms with E-state index in [1.165, 1.54) is 0 Å². The van der Waals surface area contributed by atoms with Gasteiger partial charge in [0.1, 0.15) is 0 Å². The van der Waals surface area contributed by atoms with Crippen molar-refractivity contribution in [3.63, 3.8) is 0 Å². The number of nitrogens with one attached hydrogen (secondary N) is 2. The van der Waals surface area contributed by atoms with Gasteiger partial charge in [-0.1, -0.05) is 6.07 Å². The first-order chi connectivity index (χ1) is 8.21. The molecule has 5 nitrogen and oxygen atoms in total. The molecule has 0 radical (unpaired) electrons. The zero-order valence-corrected chi connectivity index (χ0v) is 10.4. The number of rotatable bonds is 6. The fourth-order valence-corrected chi connectivity index (χ4v) is 1.50. The van der Waals surface area contributed by atoms with Gasteiger partial charge in [-0.2, -0.15) is 0 Å². The molecule has 1 aromatic rings. The third kappa shape index (κ3) is 3.96. The number of carbonyl (C=O) groups excluding carboxylic acids is 1. The van der Waals surface area contributed by atoms with Crippen LogP contribution in [0.1, 0.15) is 12.0 Å². The second-order valence-corrected chi connectivity index (χ2v) is 3.49. The fourth-order valence-electron chi connectivity index (χ4n) is 1.50. The van der Waals surface area contributed by atoms with Crippen molar-refractivity contribution >= 4 is 5.91 Å². The Hall–Kier alpha value is -1.75. The third-order valence-corrected chi connectivity index (χ3v) is 2.35. The van der Waals surface area contributed by atoms with Crippen molar-refractivity contribution in [2.45, 2.75) is 12.8 Å². The van der Waals surface area contributed by atoms with Gasteiger partial charge in [0, 0.05) is 13.5 Å². The van der Waals surface area contributed by atoms with E-state index in [9.17, 15) is 4.79 Å². The molecule has 0 bridgehead atoms. The summed E-state index contributed by atoms with van der Waals surface area (Å²) in [5, 5.41) is 0. The molecule has 0 fully saturated rings. The lowest BCUT2D eigenvalue weighted by atomic mass is 10.1. The molecule has 0 heterocycles. The molecule has 0 aliphatic carbocycles. The molecule has 0 aliphatic heterocycles. The fraction of sp³-hybridized carbons (Fsp3) is 0.417. The zero-order valence-electron chi connectivity index (χ0n) is 10.4. The topological polar surface area (TPSA) is 59.6 Å². The molecular formula is C12H18N2O3. The number of amides is 1. The van der Waals surface area contributed by atoms with Crippen LogP contribution in [-0.4, -0.2) is 27.2 Å². The van der Waals surface area contributed by atoms with Crippen molar-refractivity contribution in [2.24, 2.45) is 0 Å². The van der Waals surface area contributed by atoms with Gasteiger partial charge in [0.25, 0.3) is 0 Å². The highest BCUT2D eigenvalue weighted by Gasteiger charge is 2.06. The largest absolute Gasteiger partial charge is 0.493 e. The number of hydrogen-bond donors (Lipinski definition) is 2. The standard InChI is InChI=1S/C12H18N2O3/c1-13-14-12(15)7-5-9-4-6-10(16-2)11(8-9)17-3/h4,6,8,13H,5,7H2,1-3H3,(H,14,15). The number of carbonyl (C=O) groups is 1. The van der Waals surface area contributed by atoms with E-state index in [-0.39, 0.29) is 5.91 Å². The van der Waals surface area contributed by atoms with Crippen LogP contribution in [0.4, 0.5) is 0 Å². The highest BCUT2D eigenvalue weighted by Crippen LogP contribution is 2.27. The molecule has 1 amide bonds. The highest BCUT2D eigenvalue weighted by atomic mass is 16.5. The third-order valence-electron chi connectivity index (χ3n) is 2.35. The van der Waals surface area contributed by atoms with Crippen LogP contribution < -0.4 is 20.3 Å². The Morgan fingerprint density at radius 1 is 1.24 bits per heavy atom. The van der Waals surface area contributed by atoms with Crippen molar-refractivity contribution in [1.29, 1.82) is 0 Å². The van der Waals surface area contributed by atoms with Crippen LogP contribution in [0, 0.1) is 0 Å². The Morgan fingerprint density at radius 3 is 2.53 bits per heavy atom. The second-order valence-electron chi connectivity index (χ2n) is 3.49. The maximum absolute atomic E-state index is 11.3. The molecule has 0 aliphatic rings. The Bertz CT molecular complexity index is 380. The maximum atomic E-state index is 11.3. The van der Waals surface area contributed by atoms with Crippen LogP contribution >= 0.6 is 0 Å². The maximum Gasteiger partial charge on any atom is 0.234 e. The quantitative estimate of drug-likeness (QED) is 0.722. The SMILES string of the molecule is CNNC(=O)CCc1ccc(OC)c(OC)c1. The average molecular weight is 238 g/mol. The normalized spacial score (nSPS) is 9.82. The van der Waals surface area contributed by atoms with Crippen LogP contribution in [-0.2, 0) is 11.2 Å². The molecule has 1 aromatic carbocycles. The molecule has 0 unspecified atom stereocenters. The Labute approximate surface area is 101 Å². The molecule has 0 spiro atoms. The van der Waals surface area contributed by atoms with Gasteiger partial charge >= 0.3 is 0 Å². The lowest BCUT2D eigenvalue weighted by molar-refractivity contribution is -0.121. The van der Waals surface area contributed by atoms with Gasteiger partial charge in [-0.15, -0.1) is 0 Å². The number of hydrogen-bond acceptors (Lipinski definition) is 4. The summed E-state index contributed by atoms with van der Waals surface area (Å²) >= 11 is 0. The minimum Gasteiger partial charge on any atom is -0.493 e. The van der Waals surface area contributed by atoms with Gasteiger partial charge in [0.05, 0.1) is 14.2 Å². The van der Waals surface area contributed by atoms with Crippen molar-refractivity contribution in [2.75, 3.05) is 21.3 Å². The van der Waals surface area contributed by atoms with Gasteiger partial charge in [-0.25, -0.2) is 5.43 Å². The minimum atomic E-state index is -0.0396. The lowest BCUT2D eigenvalue weighted by Gasteiger charge is -2.09. The summed E-state index contributed by atoms with van der Waals surface area (Å²) in [4.78, 5) is 11.3. The molecule has 0 atom stereocenters. The summed E-state index contributed by atoms with van der Waals surface area (Å²) in [7, 11) is 4.85. The number of hydrazine groups is 1. The number of aryl methyl sites for hydroxylation is 1. The lowest BCUT2D eigenvalue weighted by Crippen LogP contribution is -2.34. The van der Waals surface area contributed by atoms with Crippen LogP contribution in [0.15, 0.2) is 18.2 Å². The van der Waals surface area contributed by atoms with Gasteiger partial charge in [-0.05, 0) is 24.1 Å². The van der Waals surface area contributed by atoms with E-state index in [2.05, 4.69) is 10.9 Å². The molecule has 94 valence electrons. The molecular weight excluding hydrogens is 220 g/mol. The summed E-state index contributed by atoms with van der Waals surface area (Å²) in [6.45, 7) is 0.